The Labute approximate surface area is 147 Å². The van der Waals surface area contributed by atoms with Gasteiger partial charge in [0.2, 0.25) is 0 Å². The number of ether oxygens (including phenoxy) is 1. The molecule has 0 fully saturated rings. The van der Waals surface area contributed by atoms with Gasteiger partial charge in [0, 0.05) is 19.2 Å². The second-order valence-corrected chi connectivity index (χ2v) is 6.24. The molecule has 0 radical (unpaired) electrons. The van der Waals surface area contributed by atoms with E-state index in [1.54, 1.807) is 11.9 Å². The molecular weight excluding hydrogens is 327 g/mol. The lowest BCUT2D eigenvalue weighted by atomic mass is 10.0. The summed E-state index contributed by atoms with van der Waals surface area (Å²) < 4.78 is 44.7. The zero-order chi connectivity index (χ0) is 18.6. The highest BCUT2D eigenvalue weighted by atomic mass is 19.4. The fourth-order valence-corrected chi connectivity index (χ4v) is 2.79. The lowest BCUT2D eigenvalue weighted by molar-refractivity contribution is -0.0905. The summed E-state index contributed by atoms with van der Waals surface area (Å²) in [4.78, 5) is 1.73. The maximum Gasteiger partial charge on any atom is 0.416 e. The number of rotatable bonds is 5. The SMILES string of the molecule is C=C(C1=C(N(C)Cc2ccc(/C(C)=C/C)cc2)OCCC1)C(F)(F)F. The first-order chi connectivity index (χ1) is 11.7. The van der Waals surface area contributed by atoms with Crippen LogP contribution in [0.25, 0.3) is 5.57 Å². The van der Waals surface area contributed by atoms with Gasteiger partial charge in [-0.3, -0.25) is 0 Å². The minimum Gasteiger partial charge on any atom is -0.479 e. The van der Waals surface area contributed by atoms with Gasteiger partial charge in [0.05, 0.1) is 12.2 Å². The van der Waals surface area contributed by atoms with Crippen molar-refractivity contribution in [2.24, 2.45) is 0 Å². The van der Waals surface area contributed by atoms with Gasteiger partial charge in [-0.2, -0.15) is 13.2 Å². The number of nitrogens with zero attached hydrogens (tertiary/aromatic N) is 1. The van der Waals surface area contributed by atoms with Crippen molar-refractivity contribution in [1.29, 1.82) is 0 Å². The first kappa shape index (κ1) is 19.2. The van der Waals surface area contributed by atoms with Gasteiger partial charge in [0.25, 0.3) is 0 Å². The van der Waals surface area contributed by atoms with Crippen LogP contribution in [0.4, 0.5) is 13.2 Å². The van der Waals surface area contributed by atoms with Crippen molar-refractivity contribution in [3.8, 4) is 0 Å². The molecule has 1 aliphatic rings. The van der Waals surface area contributed by atoms with Crippen LogP contribution in [-0.2, 0) is 11.3 Å². The monoisotopic (exact) mass is 351 g/mol. The van der Waals surface area contributed by atoms with Crippen molar-refractivity contribution in [1.82, 2.24) is 4.90 Å². The molecule has 0 saturated heterocycles. The van der Waals surface area contributed by atoms with Crippen LogP contribution < -0.4 is 0 Å². The third-order valence-corrected chi connectivity index (χ3v) is 4.38. The molecule has 0 aliphatic carbocycles. The molecular formula is C20H24F3NO. The normalized spacial score (nSPS) is 15.8. The maximum atomic E-state index is 13.0. The van der Waals surface area contributed by atoms with E-state index in [0.29, 0.717) is 26.0 Å². The molecule has 0 aromatic heterocycles. The van der Waals surface area contributed by atoms with E-state index >= 15 is 0 Å². The van der Waals surface area contributed by atoms with Gasteiger partial charge >= 0.3 is 6.18 Å². The number of halogens is 3. The first-order valence-corrected chi connectivity index (χ1v) is 8.29. The van der Waals surface area contributed by atoms with Gasteiger partial charge in [-0.15, -0.1) is 0 Å². The maximum absolute atomic E-state index is 13.0. The predicted molar refractivity (Wildman–Crippen MR) is 94.6 cm³/mol. The third kappa shape index (κ3) is 4.68. The van der Waals surface area contributed by atoms with Crippen LogP contribution in [-0.4, -0.2) is 24.7 Å². The molecule has 0 saturated carbocycles. The lowest BCUT2D eigenvalue weighted by Gasteiger charge is -2.30. The van der Waals surface area contributed by atoms with E-state index in [-0.39, 0.29) is 11.5 Å². The molecule has 1 heterocycles. The standard InChI is InChI=1S/C20H24F3NO/c1-5-14(2)17-10-8-16(9-11-17)13-24(4)19-18(7-6-12-25-19)15(3)20(21,22)23/h5,8-11H,3,6-7,12-13H2,1-2,4H3/b14-5+. The summed E-state index contributed by atoms with van der Waals surface area (Å²) in [5.41, 5.74) is 2.67. The van der Waals surface area contributed by atoms with Crippen molar-refractivity contribution in [3.63, 3.8) is 0 Å². The quantitative estimate of drug-likeness (QED) is 0.676. The molecule has 0 atom stereocenters. The highest BCUT2D eigenvalue weighted by Gasteiger charge is 2.37. The molecule has 0 bridgehead atoms. The minimum atomic E-state index is -4.44. The molecule has 25 heavy (non-hydrogen) atoms. The number of hydrogen-bond acceptors (Lipinski definition) is 2. The van der Waals surface area contributed by atoms with Crippen LogP contribution in [0.3, 0.4) is 0 Å². The fourth-order valence-electron chi connectivity index (χ4n) is 2.79. The zero-order valence-corrected chi connectivity index (χ0v) is 14.9. The van der Waals surface area contributed by atoms with Gasteiger partial charge < -0.3 is 9.64 Å². The van der Waals surface area contributed by atoms with Crippen LogP contribution in [0.1, 0.15) is 37.8 Å². The molecule has 2 rings (SSSR count). The van der Waals surface area contributed by atoms with E-state index in [1.165, 1.54) is 5.57 Å². The second-order valence-electron chi connectivity index (χ2n) is 6.24. The summed E-state index contributed by atoms with van der Waals surface area (Å²) in [6, 6.07) is 8.01. The van der Waals surface area contributed by atoms with Crippen LogP contribution in [0.2, 0.25) is 0 Å². The summed E-state index contributed by atoms with van der Waals surface area (Å²) in [5.74, 6) is 0.280. The molecule has 0 N–H and O–H groups in total. The average molecular weight is 351 g/mol. The highest BCUT2D eigenvalue weighted by molar-refractivity contribution is 5.63. The summed E-state index contributed by atoms with van der Waals surface area (Å²) in [5, 5.41) is 0. The van der Waals surface area contributed by atoms with Gasteiger partial charge in [-0.05, 0) is 43.4 Å². The Bertz CT molecular complexity index is 684. The summed E-state index contributed by atoms with van der Waals surface area (Å²) in [6.45, 7) is 8.15. The van der Waals surface area contributed by atoms with Crippen LogP contribution >= 0.6 is 0 Å². The third-order valence-electron chi connectivity index (χ3n) is 4.38. The number of hydrogen-bond donors (Lipinski definition) is 0. The first-order valence-electron chi connectivity index (χ1n) is 8.29. The predicted octanol–water partition coefficient (Wildman–Crippen LogP) is 5.68. The minimum absolute atomic E-state index is 0.155. The van der Waals surface area contributed by atoms with Gasteiger partial charge in [-0.1, -0.05) is 36.9 Å². The zero-order valence-electron chi connectivity index (χ0n) is 14.9. The number of benzene rings is 1. The molecule has 136 valence electrons. The molecule has 0 unspecified atom stereocenters. The molecule has 1 aromatic carbocycles. The van der Waals surface area contributed by atoms with E-state index in [0.717, 1.165) is 11.1 Å². The Hall–Kier alpha value is -2.17. The Morgan fingerprint density at radius 1 is 1.28 bits per heavy atom. The van der Waals surface area contributed by atoms with E-state index < -0.39 is 11.7 Å². The topological polar surface area (TPSA) is 12.5 Å². The molecule has 2 nitrogen and oxygen atoms in total. The van der Waals surface area contributed by atoms with Gasteiger partial charge in [0.15, 0.2) is 5.88 Å². The molecule has 0 spiro atoms. The van der Waals surface area contributed by atoms with Crippen LogP contribution in [0.5, 0.6) is 0 Å². The average Bonchev–Trinajstić information content (AvgIpc) is 2.60. The highest BCUT2D eigenvalue weighted by Crippen LogP contribution is 2.36. The second kappa shape index (κ2) is 7.81. The molecule has 0 amide bonds. The smallest absolute Gasteiger partial charge is 0.416 e. The van der Waals surface area contributed by atoms with E-state index in [1.807, 2.05) is 44.2 Å². The number of alkyl halides is 3. The Balaban J connectivity index is 2.21. The van der Waals surface area contributed by atoms with Crippen LogP contribution in [0.15, 0.2) is 53.9 Å². The summed E-state index contributed by atoms with van der Waals surface area (Å²) in [6.07, 6.45) is -1.50. The van der Waals surface area contributed by atoms with Crippen molar-refractivity contribution >= 4 is 5.57 Å². The van der Waals surface area contributed by atoms with E-state index in [9.17, 15) is 13.2 Å². The summed E-state index contributed by atoms with van der Waals surface area (Å²) in [7, 11) is 1.75. The van der Waals surface area contributed by atoms with Crippen molar-refractivity contribution in [2.45, 2.75) is 39.4 Å². The fraction of sp³-hybridized carbons (Fsp3) is 0.400. The van der Waals surface area contributed by atoms with E-state index in [2.05, 4.69) is 6.58 Å². The summed E-state index contributed by atoms with van der Waals surface area (Å²) >= 11 is 0. The van der Waals surface area contributed by atoms with E-state index in [4.69, 9.17) is 4.74 Å². The lowest BCUT2D eigenvalue weighted by Crippen LogP contribution is -2.27. The molecule has 1 aliphatic heterocycles. The largest absolute Gasteiger partial charge is 0.479 e. The Morgan fingerprint density at radius 2 is 1.92 bits per heavy atom. The van der Waals surface area contributed by atoms with Crippen molar-refractivity contribution in [3.05, 3.63) is 65.1 Å². The Kier molecular flexibility index (Phi) is 5.98. The Morgan fingerprint density at radius 3 is 2.48 bits per heavy atom. The van der Waals surface area contributed by atoms with Crippen molar-refractivity contribution < 1.29 is 17.9 Å². The van der Waals surface area contributed by atoms with Gasteiger partial charge in [0.1, 0.15) is 0 Å². The van der Waals surface area contributed by atoms with Gasteiger partial charge in [-0.25, -0.2) is 0 Å². The van der Waals surface area contributed by atoms with Crippen molar-refractivity contribution in [2.75, 3.05) is 13.7 Å². The van der Waals surface area contributed by atoms with Crippen LogP contribution in [0, 0.1) is 0 Å². The molecule has 1 aromatic rings. The number of allylic oxidation sites excluding steroid dienone is 4. The molecule has 5 heteroatoms.